The van der Waals surface area contributed by atoms with E-state index in [1.165, 1.54) is 12.1 Å². The second-order valence-corrected chi connectivity index (χ2v) is 8.60. The van der Waals surface area contributed by atoms with E-state index >= 15 is 0 Å². The van der Waals surface area contributed by atoms with Crippen LogP contribution in [0.15, 0.2) is 45.3 Å². The Balaban J connectivity index is 1.73. The molecule has 2 atom stereocenters. The molecule has 146 valence electrons. The maximum Gasteiger partial charge on any atom is 0.322 e. The average Bonchev–Trinajstić information content (AvgIpc) is 2.65. The number of rotatable bonds is 2. The quantitative estimate of drug-likeness (QED) is 0.593. The molecule has 5 nitrogen and oxygen atoms in total. The Hall–Kier alpha value is -2.11. The van der Waals surface area contributed by atoms with Gasteiger partial charge in [0.15, 0.2) is 0 Å². The molecule has 0 unspecified atom stereocenters. The fourth-order valence-electron chi connectivity index (χ4n) is 3.32. The molecule has 0 aromatic heterocycles. The number of amides is 2. The molecule has 1 aliphatic rings. The molecule has 2 aromatic rings. The van der Waals surface area contributed by atoms with Crippen molar-refractivity contribution < 1.29 is 9.18 Å². The highest BCUT2D eigenvalue weighted by molar-refractivity contribution is 9.11. The number of carbonyl (C=O) groups is 1. The Kier molecular flexibility index (Phi) is 6.26. The zero-order valence-corrected chi connectivity index (χ0v) is 18.6. The number of carbonyl (C=O) groups excluding carboxylic acids is 1. The zero-order chi connectivity index (χ0) is 20.4. The molecular weight excluding hydrogens is 491 g/mol. The Morgan fingerprint density at radius 3 is 2.57 bits per heavy atom. The van der Waals surface area contributed by atoms with E-state index < -0.39 is 5.82 Å². The van der Waals surface area contributed by atoms with Gasteiger partial charge in [-0.15, -0.1) is 0 Å². The first kappa shape index (κ1) is 20.6. The summed E-state index contributed by atoms with van der Waals surface area (Å²) in [4.78, 5) is 16.7. The predicted octanol–water partition coefficient (Wildman–Crippen LogP) is 5.35. The van der Waals surface area contributed by atoms with Gasteiger partial charge in [0.05, 0.1) is 11.3 Å². The first-order valence-corrected chi connectivity index (χ1v) is 10.4. The third-order valence-electron chi connectivity index (χ3n) is 4.82. The summed E-state index contributed by atoms with van der Waals surface area (Å²) in [5.74, 6) is -0.528. The van der Waals surface area contributed by atoms with E-state index in [1.807, 2.05) is 38.1 Å². The number of piperazine rings is 1. The fraction of sp³-hybridized carbons (Fsp3) is 0.300. The molecule has 1 N–H and O–H groups in total. The van der Waals surface area contributed by atoms with E-state index in [9.17, 15) is 9.18 Å². The van der Waals surface area contributed by atoms with Crippen LogP contribution in [0, 0.1) is 17.1 Å². The molecule has 8 heteroatoms. The van der Waals surface area contributed by atoms with Crippen molar-refractivity contribution >= 4 is 49.3 Å². The zero-order valence-electron chi connectivity index (χ0n) is 15.4. The van der Waals surface area contributed by atoms with Crippen LogP contribution in [-0.4, -0.2) is 36.1 Å². The van der Waals surface area contributed by atoms with Gasteiger partial charge in [0, 0.05) is 39.8 Å². The standard InChI is InChI=1S/C20H19Br2FN4O/c1-12-11-27(20(28)25-19-6-4-15(21)7-17(19)22)13(2)10-26(12)16-5-3-14(9-24)18(23)8-16/h3-8,12-13H,10-11H2,1-2H3,(H,25,28)/t12-,13+/m1/s1. The highest BCUT2D eigenvalue weighted by Gasteiger charge is 2.32. The summed E-state index contributed by atoms with van der Waals surface area (Å²) >= 11 is 6.85. The molecule has 1 fully saturated rings. The Labute approximate surface area is 180 Å². The SMILES string of the molecule is C[C@@H]1CN(C(=O)Nc2ccc(Br)cc2Br)[C@@H](C)CN1c1ccc(C#N)c(F)c1. The lowest BCUT2D eigenvalue weighted by Gasteiger charge is -2.45. The lowest BCUT2D eigenvalue weighted by atomic mass is 10.1. The van der Waals surface area contributed by atoms with E-state index in [2.05, 4.69) is 42.1 Å². The number of urea groups is 1. The van der Waals surface area contributed by atoms with Crippen molar-refractivity contribution in [2.24, 2.45) is 0 Å². The lowest BCUT2D eigenvalue weighted by Crippen LogP contribution is -2.59. The predicted molar refractivity (Wildman–Crippen MR) is 115 cm³/mol. The molecule has 0 bridgehead atoms. The van der Waals surface area contributed by atoms with Crippen molar-refractivity contribution in [3.63, 3.8) is 0 Å². The van der Waals surface area contributed by atoms with Crippen LogP contribution >= 0.6 is 31.9 Å². The molecule has 28 heavy (non-hydrogen) atoms. The van der Waals surface area contributed by atoms with Crippen LogP contribution in [0.25, 0.3) is 0 Å². The molecule has 0 aliphatic carbocycles. The van der Waals surface area contributed by atoms with Crippen LogP contribution < -0.4 is 10.2 Å². The van der Waals surface area contributed by atoms with E-state index in [4.69, 9.17) is 5.26 Å². The number of hydrogen-bond acceptors (Lipinski definition) is 3. The topological polar surface area (TPSA) is 59.4 Å². The first-order valence-electron chi connectivity index (χ1n) is 8.79. The minimum Gasteiger partial charge on any atom is -0.365 e. The van der Waals surface area contributed by atoms with Crippen LogP contribution in [0.3, 0.4) is 0 Å². The van der Waals surface area contributed by atoms with Crippen molar-refractivity contribution in [3.05, 3.63) is 56.7 Å². The van der Waals surface area contributed by atoms with Gasteiger partial charge in [0.1, 0.15) is 11.9 Å². The van der Waals surface area contributed by atoms with Crippen LogP contribution in [0.4, 0.5) is 20.6 Å². The van der Waals surface area contributed by atoms with Gasteiger partial charge in [-0.2, -0.15) is 5.26 Å². The summed E-state index contributed by atoms with van der Waals surface area (Å²) in [7, 11) is 0. The molecule has 3 rings (SSSR count). The molecule has 2 aromatic carbocycles. The third kappa shape index (κ3) is 4.31. The van der Waals surface area contributed by atoms with Crippen molar-refractivity contribution in [1.29, 1.82) is 5.26 Å². The fourth-order valence-corrected chi connectivity index (χ4v) is 4.47. The largest absolute Gasteiger partial charge is 0.365 e. The maximum atomic E-state index is 14.0. The first-order chi connectivity index (χ1) is 13.3. The summed E-state index contributed by atoms with van der Waals surface area (Å²) in [6.45, 7) is 5.04. The minimum absolute atomic E-state index is 0.00245. The Bertz CT molecular complexity index is 946. The van der Waals surface area contributed by atoms with Crippen LogP contribution in [-0.2, 0) is 0 Å². The van der Waals surface area contributed by atoms with E-state index in [0.717, 1.165) is 8.95 Å². The van der Waals surface area contributed by atoms with Gasteiger partial charge in [-0.3, -0.25) is 0 Å². The van der Waals surface area contributed by atoms with E-state index in [-0.39, 0.29) is 23.7 Å². The number of nitrogens with one attached hydrogen (secondary N) is 1. The second-order valence-electron chi connectivity index (χ2n) is 6.83. The van der Waals surface area contributed by atoms with Gasteiger partial charge in [0.2, 0.25) is 0 Å². The normalized spacial score (nSPS) is 19.3. The van der Waals surface area contributed by atoms with Crippen molar-refractivity contribution in [2.45, 2.75) is 25.9 Å². The minimum atomic E-state index is -0.528. The molecule has 1 heterocycles. The Morgan fingerprint density at radius 1 is 1.18 bits per heavy atom. The molecule has 1 saturated heterocycles. The average molecular weight is 510 g/mol. The number of benzene rings is 2. The summed E-state index contributed by atoms with van der Waals surface area (Å²) in [6, 6.07) is 11.8. The van der Waals surface area contributed by atoms with Crippen molar-refractivity contribution in [3.8, 4) is 6.07 Å². The highest BCUT2D eigenvalue weighted by atomic mass is 79.9. The van der Waals surface area contributed by atoms with Gasteiger partial charge in [-0.05, 0) is 66.2 Å². The highest BCUT2D eigenvalue weighted by Crippen LogP contribution is 2.28. The summed E-state index contributed by atoms with van der Waals surface area (Å²) in [5.41, 5.74) is 1.44. The lowest BCUT2D eigenvalue weighted by molar-refractivity contribution is 0.173. The van der Waals surface area contributed by atoms with Gasteiger partial charge in [-0.1, -0.05) is 15.9 Å². The van der Waals surface area contributed by atoms with E-state index in [1.54, 1.807) is 11.0 Å². The monoisotopic (exact) mass is 508 g/mol. The van der Waals surface area contributed by atoms with Gasteiger partial charge in [0.25, 0.3) is 0 Å². The molecule has 0 saturated carbocycles. The number of anilines is 2. The Morgan fingerprint density at radius 2 is 1.93 bits per heavy atom. The van der Waals surface area contributed by atoms with Crippen molar-refractivity contribution in [1.82, 2.24) is 4.90 Å². The summed E-state index contributed by atoms with van der Waals surface area (Å²) in [5, 5.41) is 11.8. The molecular formula is C20H19Br2FN4O. The number of nitrogens with zero attached hydrogens (tertiary/aromatic N) is 3. The van der Waals surface area contributed by atoms with Crippen LogP contribution in [0.2, 0.25) is 0 Å². The molecule has 0 radical (unpaired) electrons. The number of halogens is 3. The smallest absolute Gasteiger partial charge is 0.322 e. The van der Waals surface area contributed by atoms with E-state index in [0.29, 0.717) is 24.5 Å². The molecule has 1 aliphatic heterocycles. The summed E-state index contributed by atoms with van der Waals surface area (Å²) in [6.07, 6.45) is 0. The molecule has 0 spiro atoms. The van der Waals surface area contributed by atoms with Crippen LogP contribution in [0.5, 0.6) is 0 Å². The number of hydrogen-bond donors (Lipinski definition) is 1. The third-order valence-corrected chi connectivity index (χ3v) is 5.97. The van der Waals surface area contributed by atoms with Gasteiger partial charge < -0.3 is 15.1 Å². The summed E-state index contributed by atoms with van der Waals surface area (Å²) < 4.78 is 15.7. The van der Waals surface area contributed by atoms with Gasteiger partial charge in [-0.25, -0.2) is 9.18 Å². The second kappa shape index (κ2) is 8.50. The maximum absolute atomic E-state index is 14.0. The number of nitriles is 1. The van der Waals surface area contributed by atoms with Crippen molar-refractivity contribution in [2.75, 3.05) is 23.3 Å². The van der Waals surface area contributed by atoms with Gasteiger partial charge >= 0.3 is 6.03 Å². The molecule has 2 amide bonds. The van der Waals surface area contributed by atoms with Crippen LogP contribution in [0.1, 0.15) is 19.4 Å².